The zero-order chi connectivity index (χ0) is 15.8. The zero-order valence-electron chi connectivity index (χ0n) is 13.0. The van der Waals surface area contributed by atoms with Crippen LogP contribution < -0.4 is 10.5 Å². The number of primary amides is 1. The second kappa shape index (κ2) is 8.42. The predicted octanol–water partition coefficient (Wildman–Crippen LogP) is 1.77. The number of ether oxygens (including phenoxy) is 1. The van der Waals surface area contributed by atoms with Gasteiger partial charge in [0.05, 0.1) is 25.8 Å². The van der Waals surface area contributed by atoms with E-state index in [9.17, 15) is 9.59 Å². The standard InChI is InChI=1S/C16H24N2O3/c1-4-5-8-18(11-16(17)20)10-14(19)13-7-6-12(2)9-15(13)21-3/h6-7,9H,4-5,8,10-11H2,1-3H3,(H2,17,20). The number of carbonyl (C=O) groups is 2. The second-order valence-corrected chi connectivity index (χ2v) is 5.16. The van der Waals surface area contributed by atoms with Crippen molar-refractivity contribution in [1.29, 1.82) is 0 Å². The van der Waals surface area contributed by atoms with Crippen molar-refractivity contribution in [3.05, 3.63) is 29.3 Å². The third-order valence-corrected chi connectivity index (χ3v) is 3.23. The van der Waals surface area contributed by atoms with Gasteiger partial charge in [-0.3, -0.25) is 14.5 Å². The van der Waals surface area contributed by atoms with Crippen LogP contribution in [0.1, 0.15) is 35.7 Å². The lowest BCUT2D eigenvalue weighted by Crippen LogP contribution is -2.38. The highest BCUT2D eigenvalue weighted by molar-refractivity contribution is 6.00. The number of carbonyl (C=O) groups excluding carboxylic acids is 2. The van der Waals surface area contributed by atoms with Gasteiger partial charge in [-0.05, 0) is 37.6 Å². The van der Waals surface area contributed by atoms with Crippen molar-refractivity contribution in [3.8, 4) is 5.75 Å². The molecule has 0 saturated heterocycles. The number of Topliss-reactive ketones (excluding diaryl/α,β-unsaturated/α-hetero) is 1. The van der Waals surface area contributed by atoms with Crippen molar-refractivity contribution in [1.82, 2.24) is 4.90 Å². The van der Waals surface area contributed by atoms with E-state index in [2.05, 4.69) is 6.92 Å². The van der Waals surface area contributed by atoms with Crippen molar-refractivity contribution >= 4 is 11.7 Å². The first-order valence-electron chi connectivity index (χ1n) is 7.16. The van der Waals surface area contributed by atoms with Crippen molar-refractivity contribution in [3.63, 3.8) is 0 Å². The summed E-state index contributed by atoms with van der Waals surface area (Å²) in [7, 11) is 1.55. The Hall–Kier alpha value is -1.88. The quantitative estimate of drug-likeness (QED) is 0.704. The first kappa shape index (κ1) is 17.2. The van der Waals surface area contributed by atoms with Crippen LogP contribution in [0.25, 0.3) is 0 Å². The van der Waals surface area contributed by atoms with Gasteiger partial charge in [-0.2, -0.15) is 0 Å². The molecule has 116 valence electrons. The molecule has 5 heteroatoms. The maximum absolute atomic E-state index is 12.4. The third kappa shape index (κ3) is 5.55. The van der Waals surface area contributed by atoms with E-state index in [1.165, 1.54) is 0 Å². The summed E-state index contributed by atoms with van der Waals surface area (Å²) < 4.78 is 5.26. The van der Waals surface area contributed by atoms with Gasteiger partial charge in [-0.15, -0.1) is 0 Å². The minimum Gasteiger partial charge on any atom is -0.496 e. The molecule has 0 fully saturated rings. The maximum Gasteiger partial charge on any atom is 0.231 e. The number of rotatable bonds is 9. The lowest BCUT2D eigenvalue weighted by atomic mass is 10.1. The molecule has 0 aliphatic heterocycles. The summed E-state index contributed by atoms with van der Waals surface area (Å²) in [4.78, 5) is 25.3. The van der Waals surface area contributed by atoms with E-state index in [4.69, 9.17) is 10.5 Å². The number of hydrogen-bond donors (Lipinski definition) is 1. The number of amides is 1. The lowest BCUT2D eigenvalue weighted by molar-refractivity contribution is -0.119. The molecule has 0 aliphatic carbocycles. The van der Waals surface area contributed by atoms with Crippen LogP contribution in [0.3, 0.4) is 0 Å². The van der Waals surface area contributed by atoms with E-state index < -0.39 is 5.91 Å². The summed E-state index contributed by atoms with van der Waals surface area (Å²) in [6.07, 6.45) is 1.92. The fourth-order valence-corrected chi connectivity index (χ4v) is 2.13. The van der Waals surface area contributed by atoms with E-state index >= 15 is 0 Å². The molecule has 0 spiro atoms. The molecule has 0 unspecified atom stereocenters. The Balaban J connectivity index is 2.83. The van der Waals surface area contributed by atoms with Crippen LogP contribution in [-0.2, 0) is 4.79 Å². The summed E-state index contributed by atoms with van der Waals surface area (Å²) in [5.41, 5.74) is 6.81. The molecule has 0 aromatic heterocycles. The molecule has 5 nitrogen and oxygen atoms in total. The van der Waals surface area contributed by atoms with Crippen LogP contribution in [0.4, 0.5) is 0 Å². The molecular formula is C16H24N2O3. The van der Waals surface area contributed by atoms with Gasteiger partial charge in [0.25, 0.3) is 0 Å². The topological polar surface area (TPSA) is 72.6 Å². The smallest absolute Gasteiger partial charge is 0.231 e. The minimum absolute atomic E-state index is 0.0656. The van der Waals surface area contributed by atoms with Gasteiger partial charge >= 0.3 is 0 Å². The highest BCUT2D eigenvalue weighted by Crippen LogP contribution is 2.20. The number of benzene rings is 1. The van der Waals surface area contributed by atoms with Gasteiger partial charge in [0, 0.05) is 0 Å². The van der Waals surface area contributed by atoms with Crippen LogP contribution in [0.15, 0.2) is 18.2 Å². The van der Waals surface area contributed by atoms with Crippen molar-refractivity contribution in [2.75, 3.05) is 26.7 Å². The highest BCUT2D eigenvalue weighted by atomic mass is 16.5. The molecule has 0 radical (unpaired) electrons. The Morgan fingerprint density at radius 3 is 2.57 bits per heavy atom. The number of nitrogens with two attached hydrogens (primary N) is 1. The summed E-state index contributed by atoms with van der Waals surface area (Å²) in [6.45, 7) is 4.95. The van der Waals surface area contributed by atoms with Gasteiger partial charge in [-0.25, -0.2) is 0 Å². The molecule has 0 atom stereocenters. The molecule has 1 aromatic carbocycles. The lowest BCUT2D eigenvalue weighted by Gasteiger charge is -2.20. The van der Waals surface area contributed by atoms with E-state index in [-0.39, 0.29) is 18.9 Å². The molecular weight excluding hydrogens is 268 g/mol. The van der Waals surface area contributed by atoms with Crippen molar-refractivity contribution in [2.45, 2.75) is 26.7 Å². The Morgan fingerprint density at radius 1 is 1.29 bits per heavy atom. The average Bonchev–Trinajstić information content (AvgIpc) is 2.43. The van der Waals surface area contributed by atoms with Crippen LogP contribution >= 0.6 is 0 Å². The van der Waals surface area contributed by atoms with Crippen LogP contribution in [0.5, 0.6) is 5.75 Å². The maximum atomic E-state index is 12.4. The van der Waals surface area contributed by atoms with Gasteiger partial charge in [0.2, 0.25) is 5.91 Å². The fourth-order valence-electron chi connectivity index (χ4n) is 2.13. The first-order chi connectivity index (χ1) is 9.97. The largest absolute Gasteiger partial charge is 0.496 e. The number of hydrogen-bond acceptors (Lipinski definition) is 4. The average molecular weight is 292 g/mol. The number of nitrogens with zero attached hydrogens (tertiary/aromatic N) is 1. The molecule has 0 saturated carbocycles. The highest BCUT2D eigenvalue weighted by Gasteiger charge is 2.17. The molecule has 21 heavy (non-hydrogen) atoms. The van der Waals surface area contributed by atoms with Gasteiger partial charge in [0.15, 0.2) is 5.78 Å². The fraction of sp³-hybridized carbons (Fsp3) is 0.500. The van der Waals surface area contributed by atoms with Crippen LogP contribution in [-0.4, -0.2) is 43.3 Å². The van der Waals surface area contributed by atoms with Gasteiger partial charge in [0.1, 0.15) is 5.75 Å². The summed E-state index contributed by atoms with van der Waals surface area (Å²) in [6, 6.07) is 5.47. The van der Waals surface area contributed by atoms with Gasteiger partial charge in [-0.1, -0.05) is 19.4 Å². The van der Waals surface area contributed by atoms with E-state index in [1.54, 1.807) is 18.1 Å². The molecule has 1 rings (SSSR count). The zero-order valence-corrected chi connectivity index (χ0v) is 13.0. The molecule has 0 aliphatic rings. The third-order valence-electron chi connectivity index (χ3n) is 3.23. The minimum atomic E-state index is -0.422. The summed E-state index contributed by atoms with van der Waals surface area (Å²) in [5.74, 6) is 0.0773. The predicted molar refractivity (Wildman–Crippen MR) is 82.6 cm³/mol. The van der Waals surface area contributed by atoms with Crippen LogP contribution in [0.2, 0.25) is 0 Å². The van der Waals surface area contributed by atoms with E-state index in [0.29, 0.717) is 17.9 Å². The molecule has 0 bridgehead atoms. The van der Waals surface area contributed by atoms with E-state index in [1.807, 2.05) is 19.1 Å². The Kier molecular flexibility index (Phi) is 6.88. The molecule has 1 amide bonds. The number of ketones is 1. The number of unbranched alkanes of at least 4 members (excludes halogenated alkanes) is 1. The molecule has 1 aromatic rings. The van der Waals surface area contributed by atoms with E-state index in [0.717, 1.165) is 18.4 Å². The second-order valence-electron chi connectivity index (χ2n) is 5.16. The Labute approximate surface area is 126 Å². The van der Waals surface area contributed by atoms with Gasteiger partial charge < -0.3 is 10.5 Å². The summed E-state index contributed by atoms with van der Waals surface area (Å²) >= 11 is 0. The SMILES string of the molecule is CCCCN(CC(N)=O)CC(=O)c1ccc(C)cc1OC. The first-order valence-corrected chi connectivity index (χ1v) is 7.16. The Bertz CT molecular complexity index is 500. The molecule has 2 N–H and O–H groups in total. The normalized spacial score (nSPS) is 10.7. The Morgan fingerprint density at radius 2 is 2.00 bits per heavy atom. The van der Waals surface area contributed by atoms with Crippen molar-refractivity contribution < 1.29 is 14.3 Å². The number of methoxy groups -OCH3 is 1. The monoisotopic (exact) mass is 292 g/mol. The number of aryl methyl sites for hydroxylation is 1. The molecule has 0 heterocycles. The summed E-state index contributed by atoms with van der Waals surface area (Å²) in [5, 5.41) is 0. The van der Waals surface area contributed by atoms with Crippen molar-refractivity contribution in [2.24, 2.45) is 5.73 Å². The van der Waals surface area contributed by atoms with Crippen LogP contribution in [0, 0.1) is 6.92 Å².